The highest BCUT2D eigenvalue weighted by Crippen LogP contribution is 2.34. The molecule has 2 aromatic rings. The maximum atomic E-state index is 10.5. The van der Waals surface area contributed by atoms with Crippen molar-refractivity contribution in [3.05, 3.63) is 41.3 Å². The lowest BCUT2D eigenvalue weighted by atomic mass is 10.1. The van der Waals surface area contributed by atoms with Crippen LogP contribution < -0.4 is 10.1 Å². The first-order valence-corrected chi connectivity index (χ1v) is 13.5. The van der Waals surface area contributed by atoms with Crippen LogP contribution in [0.4, 0.5) is 0 Å². The van der Waals surface area contributed by atoms with Gasteiger partial charge in [-0.2, -0.15) is 0 Å². The van der Waals surface area contributed by atoms with Gasteiger partial charge in [-0.1, -0.05) is 64.0 Å². The summed E-state index contributed by atoms with van der Waals surface area (Å²) in [6.07, 6.45) is 11.1. The maximum absolute atomic E-state index is 10.5. The Bertz CT molecular complexity index is 739. The summed E-state index contributed by atoms with van der Waals surface area (Å²) in [5.41, 5.74) is 2.34. The van der Waals surface area contributed by atoms with E-state index in [-0.39, 0.29) is 6.61 Å². The molecule has 0 saturated carbocycles. The second kappa shape index (κ2) is 16.3. The Labute approximate surface area is 192 Å². The van der Waals surface area contributed by atoms with Crippen molar-refractivity contribution in [1.29, 1.82) is 0 Å². The Morgan fingerprint density at radius 3 is 2.48 bits per heavy atom. The molecule has 1 heterocycles. The Morgan fingerprint density at radius 2 is 1.77 bits per heavy atom. The molecule has 7 heteroatoms. The third-order valence-electron chi connectivity index (χ3n) is 5.11. The zero-order valence-corrected chi connectivity index (χ0v) is 20.4. The first-order valence-electron chi connectivity index (χ1n) is 11.5. The van der Waals surface area contributed by atoms with E-state index in [2.05, 4.69) is 52.5 Å². The van der Waals surface area contributed by atoms with E-state index < -0.39 is 8.25 Å². The van der Waals surface area contributed by atoms with Gasteiger partial charge in [0.2, 0.25) is 0 Å². The Kier molecular flexibility index (Phi) is 13.7. The summed E-state index contributed by atoms with van der Waals surface area (Å²) in [7, 11) is -2.50. The average Bonchev–Trinajstić information content (AvgIpc) is 3.30. The Hall–Kier alpha value is -1.30. The van der Waals surface area contributed by atoms with Crippen molar-refractivity contribution < 1.29 is 18.7 Å². The minimum Gasteiger partial charge on any atom is -0.493 e. The average molecular weight is 467 g/mol. The fourth-order valence-electron chi connectivity index (χ4n) is 3.43. The normalized spacial score (nSPS) is 11.6. The van der Waals surface area contributed by atoms with Crippen molar-refractivity contribution in [1.82, 2.24) is 5.32 Å². The summed E-state index contributed by atoms with van der Waals surface area (Å²) in [4.78, 5) is 9.85. The van der Waals surface area contributed by atoms with Crippen LogP contribution in [0.1, 0.15) is 70.3 Å². The second-order valence-electron chi connectivity index (χ2n) is 7.73. The van der Waals surface area contributed by atoms with Gasteiger partial charge in [-0.05, 0) is 48.5 Å². The molecular formula is C24H37NO4PS+. The van der Waals surface area contributed by atoms with Crippen LogP contribution in [0.2, 0.25) is 0 Å². The number of rotatable bonds is 18. The van der Waals surface area contributed by atoms with E-state index in [1.807, 2.05) is 0 Å². The highest BCUT2D eigenvalue weighted by atomic mass is 32.1. The van der Waals surface area contributed by atoms with E-state index in [9.17, 15) is 4.57 Å². The molecule has 0 saturated heterocycles. The molecule has 1 atom stereocenters. The molecule has 0 fully saturated rings. The number of ether oxygens (including phenoxy) is 1. The summed E-state index contributed by atoms with van der Waals surface area (Å²) in [6.45, 7) is 4.77. The van der Waals surface area contributed by atoms with E-state index in [4.69, 9.17) is 9.63 Å². The lowest BCUT2D eigenvalue weighted by Gasteiger charge is -2.13. The SMILES string of the molecule is CCCCCCCCCCOc1ccc(CNCCCO[P+](=O)O)cc1-c1cccs1. The molecule has 0 aliphatic rings. The van der Waals surface area contributed by atoms with Gasteiger partial charge in [0.1, 0.15) is 12.4 Å². The van der Waals surface area contributed by atoms with Crippen LogP contribution in [0, 0.1) is 0 Å². The smallest absolute Gasteiger partial charge is 0.493 e. The van der Waals surface area contributed by atoms with Crippen LogP contribution in [0.5, 0.6) is 5.75 Å². The van der Waals surface area contributed by atoms with Crippen molar-refractivity contribution in [2.75, 3.05) is 19.8 Å². The molecule has 172 valence electrons. The zero-order valence-electron chi connectivity index (χ0n) is 18.7. The van der Waals surface area contributed by atoms with Crippen molar-refractivity contribution >= 4 is 19.6 Å². The molecule has 1 aromatic heterocycles. The molecule has 0 aliphatic heterocycles. The predicted octanol–water partition coefficient (Wildman–Crippen LogP) is 7.08. The van der Waals surface area contributed by atoms with Crippen molar-refractivity contribution in [3.63, 3.8) is 0 Å². The fraction of sp³-hybridized carbons (Fsp3) is 0.583. The molecule has 0 spiro atoms. The lowest BCUT2D eigenvalue weighted by molar-refractivity contribution is 0.276. The molecule has 1 unspecified atom stereocenters. The van der Waals surface area contributed by atoms with E-state index in [1.165, 1.54) is 55.4 Å². The summed E-state index contributed by atoms with van der Waals surface area (Å²) < 4.78 is 21.3. The molecule has 0 amide bonds. The van der Waals surface area contributed by atoms with Crippen LogP contribution in [0.25, 0.3) is 10.4 Å². The predicted molar refractivity (Wildman–Crippen MR) is 130 cm³/mol. The fourth-order valence-corrected chi connectivity index (χ4v) is 4.46. The molecule has 0 aliphatic carbocycles. The molecule has 31 heavy (non-hydrogen) atoms. The van der Waals surface area contributed by atoms with Gasteiger partial charge in [0.25, 0.3) is 0 Å². The Morgan fingerprint density at radius 1 is 1.00 bits per heavy atom. The minimum atomic E-state index is -2.50. The van der Waals surface area contributed by atoms with Crippen molar-refractivity contribution in [2.24, 2.45) is 0 Å². The van der Waals surface area contributed by atoms with Gasteiger partial charge in [0, 0.05) is 21.6 Å². The van der Waals surface area contributed by atoms with Crippen molar-refractivity contribution in [2.45, 2.75) is 71.3 Å². The summed E-state index contributed by atoms with van der Waals surface area (Å²) >= 11 is 1.72. The Balaban J connectivity index is 1.77. The standard InChI is InChI=1S/C24H36NO4PS/c1-2-3-4-5-6-7-8-9-16-28-23-14-13-21(19-22(23)24-12-10-18-31-24)20-25-15-11-17-29-30(26)27/h10,12-14,18-19,25H,2-9,11,15-17,20H2,1H3/p+1. The second-order valence-corrected chi connectivity index (χ2v) is 9.41. The largest absolute Gasteiger partial charge is 0.694 e. The van der Waals surface area contributed by atoms with Gasteiger partial charge in [0.05, 0.1) is 6.61 Å². The number of unbranched alkanes of at least 4 members (excludes halogenated alkanes) is 7. The number of hydrogen-bond acceptors (Lipinski definition) is 5. The van der Waals surface area contributed by atoms with E-state index >= 15 is 0 Å². The third kappa shape index (κ3) is 11.2. The minimum absolute atomic E-state index is 0.282. The molecule has 2 rings (SSSR count). The summed E-state index contributed by atoms with van der Waals surface area (Å²) in [5.74, 6) is 0.953. The van der Waals surface area contributed by atoms with Crippen LogP contribution in [-0.2, 0) is 15.6 Å². The summed E-state index contributed by atoms with van der Waals surface area (Å²) in [5, 5.41) is 5.45. The van der Waals surface area contributed by atoms with Gasteiger partial charge in [-0.15, -0.1) is 20.8 Å². The van der Waals surface area contributed by atoms with Crippen LogP contribution in [-0.4, -0.2) is 24.7 Å². The van der Waals surface area contributed by atoms with E-state index in [1.54, 1.807) is 11.3 Å². The number of benzene rings is 1. The van der Waals surface area contributed by atoms with E-state index in [0.29, 0.717) is 6.42 Å². The number of nitrogens with one attached hydrogen (secondary N) is 1. The monoisotopic (exact) mass is 466 g/mol. The molecular weight excluding hydrogens is 429 g/mol. The first-order chi connectivity index (χ1) is 15.2. The van der Waals surface area contributed by atoms with Crippen LogP contribution in [0.3, 0.4) is 0 Å². The number of thiophene rings is 1. The first kappa shape index (κ1) is 26.0. The molecule has 0 bridgehead atoms. The number of hydrogen-bond donors (Lipinski definition) is 2. The topological polar surface area (TPSA) is 67.8 Å². The third-order valence-corrected chi connectivity index (χ3v) is 6.42. The highest BCUT2D eigenvalue weighted by molar-refractivity contribution is 7.32. The highest BCUT2D eigenvalue weighted by Gasteiger charge is 2.11. The summed E-state index contributed by atoms with van der Waals surface area (Å²) in [6, 6.07) is 10.6. The molecule has 1 aromatic carbocycles. The molecule has 2 N–H and O–H groups in total. The molecule has 0 radical (unpaired) electrons. The lowest BCUT2D eigenvalue weighted by Crippen LogP contribution is -2.16. The van der Waals surface area contributed by atoms with E-state index in [0.717, 1.165) is 37.4 Å². The van der Waals surface area contributed by atoms with Gasteiger partial charge >= 0.3 is 8.25 Å². The van der Waals surface area contributed by atoms with Gasteiger partial charge < -0.3 is 10.1 Å². The van der Waals surface area contributed by atoms with Crippen LogP contribution in [0.15, 0.2) is 35.7 Å². The van der Waals surface area contributed by atoms with Gasteiger partial charge in [0.15, 0.2) is 0 Å². The molecule has 5 nitrogen and oxygen atoms in total. The van der Waals surface area contributed by atoms with Gasteiger partial charge in [-0.25, -0.2) is 0 Å². The zero-order chi connectivity index (χ0) is 22.2. The maximum Gasteiger partial charge on any atom is 0.694 e. The van der Waals surface area contributed by atoms with Crippen molar-refractivity contribution in [3.8, 4) is 16.2 Å². The quantitative estimate of drug-likeness (QED) is 0.181. The van der Waals surface area contributed by atoms with Gasteiger partial charge in [-0.3, -0.25) is 0 Å². The van der Waals surface area contributed by atoms with Crippen LogP contribution >= 0.6 is 19.6 Å².